The van der Waals surface area contributed by atoms with Crippen LogP contribution < -0.4 is 10.6 Å². The highest BCUT2D eigenvalue weighted by molar-refractivity contribution is 7.89. The van der Waals surface area contributed by atoms with Crippen molar-refractivity contribution in [2.24, 2.45) is 0 Å². The van der Waals surface area contributed by atoms with Crippen molar-refractivity contribution in [3.05, 3.63) is 35.4 Å². The van der Waals surface area contributed by atoms with Gasteiger partial charge in [0.15, 0.2) is 9.84 Å². The highest BCUT2D eigenvalue weighted by Crippen LogP contribution is 2.10. The van der Waals surface area contributed by atoms with E-state index in [-0.39, 0.29) is 24.1 Å². The fourth-order valence-electron chi connectivity index (χ4n) is 2.56. The minimum absolute atomic E-state index is 0. The molecular formula is C15H23ClN2O3S. The third kappa shape index (κ3) is 6.77. The molecule has 124 valence electrons. The molecule has 1 unspecified atom stereocenters. The van der Waals surface area contributed by atoms with Gasteiger partial charge < -0.3 is 10.6 Å². The van der Waals surface area contributed by atoms with Crippen LogP contribution in [0.1, 0.15) is 30.4 Å². The van der Waals surface area contributed by atoms with Crippen LogP contribution in [0.3, 0.4) is 0 Å². The van der Waals surface area contributed by atoms with Crippen molar-refractivity contribution in [3.8, 4) is 0 Å². The molecule has 1 atom stereocenters. The fourth-order valence-corrected chi connectivity index (χ4v) is 3.34. The zero-order valence-corrected chi connectivity index (χ0v) is 14.3. The Hall–Kier alpha value is -1.11. The van der Waals surface area contributed by atoms with Crippen LogP contribution in [-0.2, 0) is 26.9 Å². The summed E-state index contributed by atoms with van der Waals surface area (Å²) in [6, 6.07) is 7.62. The van der Waals surface area contributed by atoms with E-state index in [1.54, 1.807) is 6.07 Å². The Kier molecular flexibility index (Phi) is 7.32. The summed E-state index contributed by atoms with van der Waals surface area (Å²) in [5.41, 5.74) is 1.67. The van der Waals surface area contributed by atoms with Gasteiger partial charge in [-0.25, -0.2) is 8.42 Å². The number of benzene rings is 1. The molecule has 0 bridgehead atoms. The number of hydrogen-bond acceptors (Lipinski definition) is 4. The van der Waals surface area contributed by atoms with Crippen LogP contribution in [-0.4, -0.2) is 33.2 Å². The van der Waals surface area contributed by atoms with Crippen LogP contribution in [0.2, 0.25) is 0 Å². The van der Waals surface area contributed by atoms with Crippen molar-refractivity contribution >= 4 is 28.2 Å². The minimum atomic E-state index is -3.04. The van der Waals surface area contributed by atoms with Crippen molar-refractivity contribution in [1.82, 2.24) is 10.6 Å². The maximum Gasteiger partial charge on any atom is 0.221 e. The topological polar surface area (TPSA) is 75.3 Å². The van der Waals surface area contributed by atoms with Crippen molar-refractivity contribution in [1.29, 1.82) is 0 Å². The van der Waals surface area contributed by atoms with E-state index >= 15 is 0 Å². The van der Waals surface area contributed by atoms with E-state index in [0.29, 0.717) is 19.0 Å². The normalized spacial score (nSPS) is 17.8. The van der Waals surface area contributed by atoms with Gasteiger partial charge in [0.25, 0.3) is 0 Å². The Labute approximate surface area is 138 Å². The molecule has 2 N–H and O–H groups in total. The first-order valence-electron chi connectivity index (χ1n) is 7.18. The molecule has 0 radical (unpaired) electrons. The number of halogens is 1. The number of carbonyl (C=O) groups excluding carboxylic acids is 1. The Morgan fingerprint density at radius 1 is 1.36 bits per heavy atom. The Bertz CT molecular complexity index is 599. The lowest BCUT2D eigenvalue weighted by Crippen LogP contribution is -2.31. The molecular weight excluding hydrogens is 324 g/mol. The molecule has 1 amide bonds. The lowest BCUT2D eigenvalue weighted by molar-refractivity contribution is -0.121. The van der Waals surface area contributed by atoms with Crippen molar-refractivity contribution in [3.63, 3.8) is 0 Å². The number of nitrogens with one attached hydrogen (secondary N) is 2. The summed E-state index contributed by atoms with van der Waals surface area (Å²) in [7, 11) is -3.04. The van der Waals surface area contributed by atoms with Gasteiger partial charge in [0.2, 0.25) is 5.91 Å². The lowest BCUT2D eigenvalue weighted by Gasteiger charge is -2.11. The maximum atomic E-state index is 11.8. The first-order valence-corrected chi connectivity index (χ1v) is 9.24. The SMILES string of the molecule is CS(=O)(=O)Cc1cccc(CNC(=O)CC2CCCN2)c1.Cl. The van der Waals surface area contributed by atoms with E-state index in [1.165, 1.54) is 6.26 Å². The second-order valence-electron chi connectivity index (χ2n) is 5.66. The van der Waals surface area contributed by atoms with Crippen molar-refractivity contribution < 1.29 is 13.2 Å². The Balaban J connectivity index is 0.00000242. The van der Waals surface area contributed by atoms with Gasteiger partial charge >= 0.3 is 0 Å². The largest absolute Gasteiger partial charge is 0.352 e. The van der Waals surface area contributed by atoms with E-state index in [4.69, 9.17) is 0 Å². The van der Waals surface area contributed by atoms with Gasteiger partial charge in [-0.15, -0.1) is 12.4 Å². The third-order valence-electron chi connectivity index (χ3n) is 3.50. The van der Waals surface area contributed by atoms with E-state index in [1.807, 2.05) is 18.2 Å². The van der Waals surface area contributed by atoms with Crippen LogP contribution in [0.25, 0.3) is 0 Å². The van der Waals surface area contributed by atoms with Gasteiger partial charge in [0.1, 0.15) is 0 Å². The van der Waals surface area contributed by atoms with E-state index in [9.17, 15) is 13.2 Å². The van der Waals surface area contributed by atoms with Crippen LogP contribution in [0, 0.1) is 0 Å². The number of rotatable bonds is 6. The predicted octanol–water partition coefficient (Wildman–Crippen LogP) is 1.41. The summed E-state index contributed by atoms with van der Waals surface area (Å²) in [4.78, 5) is 11.8. The van der Waals surface area contributed by atoms with Crippen LogP contribution >= 0.6 is 12.4 Å². The summed E-state index contributed by atoms with van der Waals surface area (Å²) in [6.07, 6.45) is 3.90. The molecule has 1 aliphatic heterocycles. The monoisotopic (exact) mass is 346 g/mol. The predicted molar refractivity (Wildman–Crippen MR) is 89.7 cm³/mol. The molecule has 1 saturated heterocycles. The highest BCUT2D eigenvalue weighted by atomic mass is 35.5. The molecule has 7 heteroatoms. The average Bonchev–Trinajstić information content (AvgIpc) is 2.87. The summed E-state index contributed by atoms with van der Waals surface area (Å²) < 4.78 is 22.6. The molecule has 1 fully saturated rings. The van der Waals surface area contributed by atoms with Gasteiger partial charge in [0, 0.05) is 25.3 Å². The Morgan fingerprint density at radius 2 is 2.09 bits per heavy atom. The molecule has 0 spiro atoms. The highest BCUT2D eigenvalue weighted by Gasteiger charge is 2.17. The van der Waals surface area contributed by atoms with Gasteiger partial charge in [-0.3, -0.25) is 4.79 Å². The molecule has 2 rings (SSSR count). The molecule has 0 aliphatic carbocycles. The van der Waals surface area contributed by atoms with Crippen LogP contribution in [0.4, 0.5) is 0 Å². The quantitative estimate of drug-likeness (QED) is 0.816. The molecule has 0 aromatic heterocycles. The molecule has 0 saturated carbocycles. The van der Waals surface area contributed by atoms with E-state index in [0.717, 1.165) is 30.5 Å². The third-order valence-corrected chi connectivity index (χ3v) is 4.36. The van der Waals surface area contributed by atoms with E-state index < -0.39 is 9.84 Å². The summed E-state index contributed by atoms with van der Waals surface area (Å²) in [5, 5.41) is 6.18. The van der Waals surface area contributed by atoms with E-state index in [2.05, 4.69) is 10.6 Å². The van der Waals surface area contributed by atoms with Gasteiger partial charge in [-0.2, -0.15) is 0 Å². The fraction of sp³-hybridized carbons (Fsp3) is 0.533. The smallest absolute Gasteiger partial charge is 0.221 e. The molecule has 1 aliphatic rings. The Morgan fingerprint density at radius 3 is 2.73 bits per heavy atom. The lowest BCUT2D eigenvalue weighted by atomic mass is 10.1. The second kappa shape index (κ2) is 8.50. The number of carbonyl (C=O) groups is 1. The van der Waals surface area contributed by atoms with Gasteiger partial charge in [0.05, 0.1) is 5.75 Å². The number of sulfone groups is 1. The molecule has 1 heterocycles. The average molecular weight is 347 g/mol. The van der Waals surface area contributed by atoms with Gasteiger partial charge in [-0.05, 0) is 30.5 Å². The molecule has 22 heavy (non-hydrogen) atoms. The first kappa shape index (κ1) is 18.9. The second-order valence-corrected chi connectivity index (χ2v) is 7.80. The van der Waals surface area contributed by atoms with Crippen LogP contribution in [0.15, 0.2) is 24.3 Å². The summed E-state index contributed by atoms with van der Waals surface area (Å²) in [6.45, 7) is 1.43. The maximum absolute atomic E-state index is 11.8. The van der Waals surface area contributed by atoms with Crippen molar-refractivity contribution in [2.45, 2.75) is 37.6 Å². The zero-order chi connectivity index (χ0) is 15.3. The molecule has 5 nitrogen and oxygen atoms in total. The zero-order valence-electron chi connectivity index (χ0n) is 12.7. The number of hydrogen-bond donors (Lipinski definition) is 2. The first-order chi connectivity index (χ1) is 9.92. The summed E-state index contributed by atoms with van der Waals surface area (Å²) >= 11 is 0. The standard InChI is InChI=1S/C15H22N2O3S.ClH/c1-21(19,20)11-13-5-2-4-12(8-13)10-17-15(18)9-14-6-3-7-16-14;/h2,4-5,8,14,16H,3,6-7,9-11H2,1H3,(H,17,18);1H. The van der Waals surface area contributed by atoms with Crippen LogP contribution in [0.5, 0.6) is 0 Å². The number of amides is 1. The minimum Gasteiger partial charge on any atom is -0.352 e. The summed E-state index contributed by atoms with van der Waals surface area (Å²) in [5.74, 6) is 0.0590. The van der Waals surface area contributed by atoms with Gasteiger partial charge in [-0.1, -0.05) is 24.3 Å². The molecule has 1 aromatic rings. The molecule has 1 aromatic carbocycles. The van der Waals surface area contributed by atoms with Crippen molar-refractivity contribution in [2.75, 3.05) is 12.8 Å².